The Labute approximate surface area is 133 Å². The van der Waals surface area contributed by atoms with Gasteiger partial charge in [0.1, 0.15) is 0 Å². The van der Waals surface area contributed by atoms with Gasteiger partial charge in [-0.2, -0.15) is 0 Å². The zero-order chi connectivity index (χ0) is 15.2. The summed E-state index contributed by atoms with van der Waals surface area (Å²) in [6.07, 6.45) is 1.73. The summed E-state index contributed by atoms with van der Waals surface area (Å²) < 4.78 is 0. The third kappa shape index (κ3) is 4.93. The Kier molecular flexibility index (Phi) is 5.94. The van der Waals surface area contributed by atoms with Crippen LogP contribution in [0, 0.1) is 5.92 Å². The second-order valence-corrected chi connectivity index (χ2v) is 6.57. The van der Waals surface area contributed by atoms with E-state index in [1.54, 1.807) is 0 Å². The van der Waals surface area contributed by atoms with Crippen LogP contribution in [0.3, 0.4) is 0 Å². The fourth-order valence-corrected chi connectivity index (χ4v) is 3.56. The lowest BCUT2D eigenvalue weighted by atomic mass is 10.0. The number of benzene rings is 1. The van der Waals surface area contributed by atoms with E-state index in [4.69, 9.17) is 16.7 Å². The van der Waals surface area contributed by atoms with Gasteiger partial charge < -0.3 is 10.0 Å². The minimum atomic E-state index is -0.769. The number of amides is 1. The van der Waals surface area contributed by atoms with E-state index in [-0.39, 0.29) is 12.3 Å². The summed E-state index contributed by atoms with van der Waals surface area (Å²) in [6.45, 7) is 1.40. The molecule has 21 heavy (non-hydrogen) atoms. The number of carbonyl (C=O) groups is 2. The number of carboxylic acid groups (broad SMARTS) is 1. The average Bonchev–Trinajstić information content (AvgIpc) is 2.93. The molecule has 1 aromatic carbocycles. The van der Waals surface area contributed by atoms with E-state index in [0.29, 0.717) is 29.7 Å². The number of nitrogens with zero attached hydrogens (tertiary/aromatic N) is 1. The first kappa shape index (κ1) is 16.2. The van der Waals surface area contributed by atoms with E-state index in [1.807, 2.05) is 29.2 Å². The number of likely N-dealkylation sites (tertiary alicyclic amines) is 1. The minimum absolute atomic E-state index is 0.0951. The number of carboxylic acids is 1. The molecule has 114 valence electrons. The maximum atomic E-state index is 12.2. The zero-order valence-electron chi connectivity index (χ0n) is 11.6. The number of thioether (sulfide) groups is 1. The SMILES string of the molecule is O=C(O)CCC1CCN(C(=O)CSc2ccccc2Cl)C1. The van der Waals surface area contributed by atoms with E-state index in [0.717, 1.165) is 17.9 Å². The van der Waals surface area contributed by atoms with Gasteiger partial charge in [0.2, 0.25) is 5.91 Å². The molecule has 1 aliphatic rings. The molecule has 1 saturated heterocycles. The molecule has 1 N–H and O–H groups in total. The van der Waals surface area contributed by atoms with Gasteiger partial charge in [-0.05, 0) is 30.9 Å². The van der Waals surface area contributed by atoms with Crippen molar-refractivity contribution in [1.82, 2.24) is 4.90 Å². The maximum absolute atomic E-state index is 12.2. The highest BCUT2D eigenvalue weighted by Gasteiger charge is 2.26. The summed E-state index contributed by atoms with van der Waals surface area (Å²) in [5, 5.41) is 9.35. The van der Waals surface area contributed by atoms with Crippen molar-refractivity contribution in [3.63, 3.8) is 0 Å². The number of halogens is 1. The topological polar surface area (TPSA) is 57.6 Å². The van der Waals surface area contributed by atoms with Crippen molar-refractivity contribution in [1.29, 1.82) is 0 Å². The first-order chi connectivity index (χ1) is 10.1. The van der Waals surface area contributed by atoms with Crippen molar-refractivity contribution in [3.05, 3.63) is 29.3 Å². The molecule has 0 aliphatic carbocycles. The summed E-state index contributed by atoms with van der Waals surface area (Å²) >= 11 is 7.50. The molecule has 1 unspecified atom stereocenters. The molecule has 0 spiro atoms. The molecule has 1 aromatic rings. The average molecular weight is 328 g/mol. The number of carbonyl (C=O) groups excluding carboxylic acids is 1. The van der Waals surface area contributed by atoms with Gasteiger partial charge in [0.25, 0.3) is 0 Å². The highest BCUT2D eigenvalue weighted by Crippen LogP contribution is 2.28. The summed E-state index contributed by atoms with van der Waals surface area (Å²) in [6, 6.07) is 7.48. The van der Waals surface area contributed by atoms with Crippen LogP contribution >= 0.6 is 23.4 Å². The van der Waals surface area contributed by atoms with Crippen molar-refractivity contribution in [3.8, 4) is 0 Å². The molecule has 1 aliphatic heterocycles. The maximum Gasteiger partial charge on any atom is 0.303 e. The lowest BCUT2D eigenvalue weighted by Gasteiger charge is -2.16. The Balaban J connectivity index is 1.77. The van der Waals surface area contributed by atoms with Gasteiger partial charge in [-0.3, -0.25) is 9.59 Å². The quantitative estimate of drug-likeness (QED) is 0.815. The molecular formula is C15H18ClNO3S. The summed E-state index contributed by atoms with van der Waals surface area (Å²) in [5.74, 6) is 0.0113. The minimum Gasteiger partial charge on any atom is -0.481 e. The Morgan fingerprint density at radius 3 is 2.86 bits per heavy atom. The predicted octanol–water partition coefficient (Wildman–Crippen LogP) is 3.15. The Morgan fingerprint density at radius 1 is 1.38 bits per heavy atom. The van der Waals surface area contributed by atoms with E-state index in [2.05, 4.69) is 0 Å². The van der Waals surface area contributed by atoms with Gasteiger partial charge in [-0.25, -0.2) is 0 Å². The van der Waals surface area contributed by atoms with E-state index < -0.39 is 5.97 Å². The lowest BCUT2D eigenvalue weighted by Crippen LogP contribution is -2.30. The molecule has 1 fully saturated rings. The molecule has 1 amide bonds. The van der Waals surface area contributed by atoms with Gasteiger partial charge in [-0.15, -0.1) is 11.8 Å². The van der Waals surface area contributed by atoms with Crippen molar-refractivity contribution in [2.75, 3.05) is 18.8 Å². The Hall–Kier alpha value is -1.20. The third-order valence-corrected chi connectivity index (χ3v) is 5.09. The van der Waals surface area contributed by atoms with Crippen LogP contribution in [0.5, 0.6) is 0 Å². The molecular weight excluding hydrogens is 310 g/mol. The summed E-state index contributed by atoms with van der Waals surface area (Å²) in [4.78, 5) is 25.5. The van der Waals surface area contributed by atoms with Crippen LogP contribution in [0.15, 0.2) is 29.2 Å². The molecule has 0 aromatic heterocycles. The molecule has 0 bridgehead atoms. The van der Waals surface area contributed by atoms with Crippen molar-refractivity contribution in [2.45, 2.75) is 24.2 Å². The zero-order valence-corrected chi connectivity index (χ0v) is 13.2. The van der Waals surface area contributed by atoms with E-state index in [9.17, 15) is 9.59 Å². The van der Waals surface area contributed by atoms with Crippen LogP contribution in [-0.4, -0.2) is 40.7 Å². The summed E-state index contributed by atoms with van der Waals surface area (Å²) in [7, 11) is 0. The number of aliphatic carboxylic acids is 1. The molecule has 4 nitrogen and oxygen atoms in total. The molecule has 1 atom stereocenters. The molecule has 2 rings (SSSR count). The normalized spacial score (nSPS) is 18.0. The second-order valence-electron chi connectivity index (χ2n) is 5.15. The second kappa shape index (κ2) is 7.71. The fraction of sp³-hybridized carbons (Fsp3) is 0.467. The van der Waals surface area contributed by atoms with Crippen LogP contribution in [-0.2, 0) is 9.59 Å². The third-order valence-electron chi connectivity index (χ3n) is 3.59. The van der Waals surface area contributed by atoms with Crippen LogP contribution in [0.4, 0.5) is 0 Å². The van der Waals surface area contributed by atoms with Gasteiger partial charge in [-0.1, -0.05) is 23.7 Å². The van der Waals surface area contributed by atoms with Crippen LogP contribution in [0.1, 0.15) is 19.3 Å². The highest BCUT2D eigenvalue weighted by molar-refractivity contribution is 8.00. The lowest BCUT2D eigenvalue weighted by molar-refractivity contribution is -0.137. The Morgan fingerprint density at radius 2 is 2.14 bits per heavy atom. The van der Waals surface area contributed by atoms with E-state index >= 15 is 0 Å². The predicted molar refractivity (Wildman–Crippen MR) is 83.7 cm³/mol. The standard InChI is InChI=1S/C15H18ClNO3S/c16-12-3-1-2-4-13(12)21-10-14(18)17-8-7-11(9-17)5-6-15(19)20/h1-4,11H,5-10H2,(H,19,20). The Bertz CT molecular complexity index is 523. The first-order valence-electron chi connectivity index (χ1n) is 6.93. The van der Waals surface area contributed by atoms with Crippen molar-refractivity contribution < 1.29 is 14.7 Å². The molecule has 1 heterocycles. The van der Waals surface area contributed by atoms with Gasteiger partial charge >= 0.3 is 5.97 Å². The largest absolute Gasteiger partial charge is 0.481 e. The number of rotatable bonds is 6. The van der Waals surface area contributed by atoms with Gasteiger partial charge in [0.05, 0.1) is 10.8 Å². The van der Waals surface area contributed by atoms with Crippen molar-refractivity contribution in [2.24, 2.45) is 5.92 Å². The summed E-state index contributed by atoms with van der Waals surface area (Å²) in [5.41, 5.74) is 0. The number of hydrogen-bond acceptors (Lipinski definition) is 3. The highest BCUT2D eigenvalue weighted by atomic mass is 35.5. The monoisotopic (exact) mass is 327 g/mol. The van der Waals surface area contributed by atoms with Crippen LogP contribution in [0.2, 0.25) is 5.02 Å². The van der Waals surface area contributed by atoms with Crippen molar-refractivity contribution >= 4 is 35.2 Å². The molecule has 0 saturated carbocycles. The van der Waals surface area contributed by atoms with Gasteiger partial charge in [0, 0.05) is 24.4 Å². The number of hydrogen-bond donors (Lipinski definition) is 1. The van der Waals surface area contributed by atoms with E-state index in [1.165, 1.54) is 11.8 Å². The van der Waals surface area contributed by atoms with Crippen LogP contribution < -0.4 is 0 Å². The molecule has 0 radical (unpaired) electrons. The first-order valence-corrected chi connectivity index (χ1v) is 8.29. The fourth-order valence-electron chi connectivity index (χ4n) is 2.41. The smallest absolute Gasteiger partial charge is 0.303 e. The van der Waals surface area contributed by atoms with Gasteiger partial charge in [0.15, 0.2) is 0 Å². The molecule has 6 heteroatoms. The van der Waals surface area contributed by atoms with Crippen LogP contribution in [0.25, 0.3) is 0 Å².